The minimum absolute atomic E-state index is 0.0672. The van der Waals surface area contributed by atoms with E-state index in [-0.39, 0.29) is 18.1 Å². The summed E-state index contributed by atoms with van der Waals surface area (Å²) >= 11 is 0. The van der Waals surface area contributed by atoms with Crippen LogP contribution in [0.2, 0.25) is 0 Å². The Labute approximate surface area is 150 Å². The maximum Gasteiger partial charge on any atom is 0.317 e. The highest BCUT2D eigenvalue weighted by atomic mass is 16.6. The van der Waals surface area contributed by atoms with Crippen molar-refractivity contribution in [2.75, 3.05) is 7.11 Å². The molecule has 10 heteroatoms. The summed E-state index contributed by atoms with van der Waals surface area (Å²) in [5.74, 6) is -0.404. The lowest BCUT2D eigenvalue weighted by atomic mass is 10.0. The van der Waals surface area contributed by atoms with E-state index in [1.807, 2.05) is 6.92 Å². The molecule has 0 bridgehead atoms. The van der Waals surface area contributed by atoms with Crippen molar-refractivity contribution in [1.82, 2.24) is 0 Å². The lowest BCUT2D eigenvalue weighted by molar-refractivity contribution is -0.394. The summed E-state index contributed by atoms with van der Waals surface area (Å²) in [7, 11) is 1.30. The number of methoxy groups -OCH3 is 1. The molecule has 0 spiro atoms. The van der Waals surface area contributed by atoms with Crippen molar-refractivity contribution in [3.05, 3.63) is 38.4 Å². The number of nitro benzene ring substituents is 2. The van der Waals surface area contributed by atoms with Crippen molar-refractivity contribution in [2.24, 2.45) is 5.73 Å². The molecule has 1 aromatic carbocycles. The number of ether oxygens (including phenoxy) is 2. The van der Waals surface area contributed by atoms with Crippen LogP contribution < -0.4 is 10.5 Å². The molecule has 2 unspecified atom stereocenters. The Morgan fingerprint density at radius 3 is 2.46 bits per heavy atom. The second-order valence-electron chi connectivity index (χ2n) is 5.74. The number of hydrogen-bond donors (Lipinski definition) is 1. The molecule has 26 heavy (non-hydrogen) atoms. The molecule has 0 saturated carbocycles. The molecule has 0 saturated heterocycles. The summed E-state index contributed by atoms with van der Waals surface area (Å²) in [5, 5.41) is 22.0. The Hall–Kier alpha value is -2.75. The lowest BCUT2D eigenvalue weighted by Gasteiger charge is -2.24. The summed E-state index contributed by atoms with van der Waals surface area (Å²) in [6, 6.07) is 2.77. The summed E-state index contributed by atoms with van der Waals surface area (Å²) in [5.41, 5.74) is 5.25. The second-order valence-corrected chi connectivity index (χ2v) is 5.74. The molecule has 0 amide bonds. The van der Waals surface area contributed by atoms with Crippen LogP contribution in [0.25, 0.3) is 0 Å². The average Bonchev–Trinajstić information content (AvgIpc) is 2.60. The smallest absolute Gasteiger partial charge is 0.317 e. The van der Waals surface area contributed by atoms with Crippen LogP contribution in [0.4, 0.5) is 11.4 Å². The zero-order valence-corrected chi connectivity index (χ0v) is 14.8. The first-order valence-electron chi connectivity index (χ1n) is 8.22. The van der Waals surface area contributed by atoms with E-state index in [4.69, 9.17) is 10.5 Å². The van der Waals surface area contributed by atoms with Crippen LogP contribution in [-0.2, 0) is 9.53 Å². The van der Waals surface area contributed by atoms with Crippen LogP contribution in [0, 0.1) is 20.2 Å². The average molecular weight is 369 g/mol. The quantitative estimate of drug-likeness (QED) is 0.355. The normalized spacial score (nSPS) is 12.9. The van der Waals surface area contributed by atoms with Crippen molar-refractivity contribution in [3.8, 4) is 5.75 Å². The summed E-state index contributed by atoms with van der Waals surface area (Å²) in [6.45, 7) is 1.92. The van der Waals surface area contributed by atoms with Gasteiger partial charge < -0.3 is 15.2 Å². The topological polar surface area (TPSA) is 148 Å². The number of esters is 1. The van der Waals surface area contributed by atoms with Crippen molar-refractivity contribution in [3.63, 3.8) is 0 Å². The fourth-order valence-corrected chi connectivity index (χ4v) is 2.44. The highest BCUT2D eigenvalue weighted by molar-refractivity contribution is 5.69. The van der Waals surface area contributed by atoms with Crippen LogP contribution in [0.5, 0.6) is 5.75 Å². The van der Waals surface area contributed by atoms with Crippen molar-refractivity contribution >= 4 is 17.3 Å². The third-order valence-electron chi connectivity index (χ3n) is 3.83. The molecule has 0 radical (unpaired) electrons. The van der Waals surface area contributed by atoms with Gasteiger partial charge in [0.1, 0.15) is 6.10 Å². The van der Waals surface area contributed by atoms with Gasteiger partial charge in [0.15, 0.2) is 5.75 Å². The van der Waals surface area contributed by atoms with Gasteiger partial charge >= 0.3 is 11.7 Å². The summed E-state index contributed by atoms with van der Waals surface area (Å²) in [6.07, 6.45) is 1.96. The van der Waals surface area contributed by atoms with Crippen molar-refractivity contribution < 1.29 is 24.1 Å². The molecule has 0 aliphatic rings. The zero-order valence-electron chi connectivity index (χ0n) is 14.8. The molecule has 2 atom stereocenters. The fraction of sp³-hybridized carbons (Fsp3) is 0.562. The molecular weight excluding hydrogens is 346 g/mol. The highest BCUT2D eigenvalue weighted by Crippen LogP contribution is 2.32. The Morgan fingerprint density at radius 2 is 1.92 bits per heavy atom. The van der Waals surface area contributed by atoms with Crippen LogP contribution in [0.15, 0.2) is 18.2 Å². The maximum absolute atomic E-state index is 11.2. The Bertz CT molecular complexity index is 651. The number of carbonyl (C=O) groups excluding carboxylic acids is 1. The number of nitrogens with two attached hydrogens (primary N) is 1. The first kappa shape index (κ1) is 21.3. The standard InChI is InChI=1S/C16H23N3O7/c1-3-5-14(12(17)6-4-7-16(20)25-2)26-15-9-8-11(18(21)22)10-13(15)19(23)24/h8-10,12,14H,3-7,17H2,1-2H3. The summed E-state index contributed by atoms with van der Waals surface area (Å²) in [4.78, 5) is 31.7. The van der Waals surface area contributed by atoms with E-state index in [1.165, 1.54) is 13.2 Å². The fourth-order valence-electron chi connectivity index (χ4n) is 2.44. The molecule has 2 N–H and O–H groups in total. The second kappa shape index (κ2) is 10.3. The van der Waals surface area contributed by atoms with Gasteiger partial charge in [-0.05, 0) is 25.3 Å². The summed E-state index contributed by atoms with van der Waals surface area (Å²) < 4.78 is 10.3. The van der Waals surface area contributed by atoms with Gasteiger partial charge in [0.05, 0.1) is 23.0 Å². The van der Waals surface area contributed by atoms with E-state index in [0.717, 1.165) is 18.6 Å². The number of nitrogens with zero attached hydrogens (tertiary/aromatic N) is 2. The van der Waals surface area contributed by atoms with Crippen LogP contribution in [0.1, 0.15) is 39.0 Å². The van der Waals surface area contributed by atoms with Gasteiger partial charge in [0, 0.05) is 18.5 Å². The van der Waals surface area contributed by atoms with Gasteiger partial charge in [-0.1, -0.05) is 13.3 Å². The molecule has 0 fully saturated rings. The number of hydrogen-bond acceptors (Lipinski definition) is 8. The third kappa shape index (κ3) is 6.28. The Balaban J connectivity index is 2.90. The molecule has 0 aliphatic heterocycles. The Morgan fingerprint density at radius 1 is 1.23 bits per heavy atom. The molecular formula is C16H23N3O7. The molecule has 144 valence electrons. The van der Waals surface area contributed by atoms with Gasteiger partial charge in [-0.25, -0.2) is 0 Å². The predicted molar refractivity (Wildman–Crippen MR) is 92.9 cm³/mol. The minimum Gasteiger partial charge on any atom is -0.482 e. The van der Waals surface area contributed by atoms with Gasteiger partial charge in [-0.2, -0.15) is 0 Å². The minimum atomic E-state index is -0.728. The van der Waals surface area contributed by atoms with Crippen molar-refractivity contribution in [1.29, 1.82) is 0 Å². The molecule has 0 aromatic heterocycles. The van der Waals surface area contributed by atoms with E-state index < -0.39 is 33.4 Å². The molecule has 0 heterocycles. The lowest BCUT2D eigenvalue weighted by Crippen LogP contribution is -2.39. The predicted octanol–water partition coefficient (Wildman–Crippen LogP) is 2.72. The van der Waals surface area contributed by atoms with Gasteiger partial charge in [-0.15, -0.1) is 0 Å². The van der Waals surface area contributed by atoms with E-state index in [2.05, 4.69) is 4.74 Å². The van der Waals surface area contributed by atoms with Crippen LogP contribution >= 0.6 is 0 Å². The largest absolute Gasteiger partial charge is 0.482 e. The first-order chi connectivity index (χ1) is 12.3. The van der Waals surface area contributed by atoms with Crippen LogP contribution in [0.3, 0.4) is 0 Å². The van der Waals surface area contributed by atoms with E-state index in [0.29, 0.717) is 19.3 Å². The Kier molecular flexibility index (Phi) is 8.43. The van der Waals surface area contributed by atoms with E-state index in [1.54, 1.807) is 0 Å². The van der Waals surface area contributed by atoms with E-state index in [9.17, 15) is 25.0 Å². The zero-order chi connectivity index (χ0) is 19.7. The number of rotatable bonds is 11. The molecule has 1 aromatic rings. The van der Waals surface area contributed by atoms with E-state index >= 15 is 0 Å². The number of benzene rings is 1. The highest BCUT2D eigenvalue weighted by Gasteiger charge is 2.26. The monoisotopic (exact) mass is 369 g/mol. The molecule has 0 aliphatic carbocycles. The molecule has 10 nitrogen and oxygen atoms in total. The third-order valence-corrected chi connectivity index (χ3v) is 3.83. The number of carbonyl (C=O) groups is 1. The van der Waals surface area contributed by atoms with Crippen molar-refractivity contribution in [2.45, 2.75) is 51.2 Å². The molecule has 1 rings (SSSR count). The first-order valence-corrected chi connectivity index (χ1v) is 8.22. The maximum atomic E-state index is 11.2. The van der Waals surface area contributed by atoms with Gasteiger partial charge in [0.25, 0.3) is 5.69 Å². The number of nitro groups is 2. The van der Waals surface area contributed by atoms with Crippen LogP contribution in [-0.4, -0.2) is 35.1 Å². The number of non-ortho nitro benzene ring substituents is 1. The van der Waals surface area contributed by atoms with Gasteiger partial charge in [-0.3, -0.25) is 25.0 Å². The SMILES string of the molecule is CCCC(Oc1ccc([N+](=O)[O-])cc1[N+](=O)[O-])C(N)CCCC(=O)OC. The van der Waals surface area contributed by atoms with Gasteiger partial charge in [0.2, 0.25) is 0 Å².